The average molecular weight is 395 g/mol. The summed E-state index contributed by atoms with van der Waals surface area (Å²) in [5.74, 6) is 0.301. The van der Waals surface area contributed by atoms with Crippen LogP contribution in [-0.2, 0) is 17.9 Å². The van der Waals surface area contributed by atoms with Crippen molar-refractivity contribution >= 4 is 22.9 Å². The molecule has 1 N–H and O–H groups in total. The van der Waals surface area contributed by atoms with E-state index in [2.05, 4.69) is 9.97 Å². The quantitative estimate of drug-likeness (QED) is 0.499. The van der Waals surface area contributed by atoms with Gasteiger partial charge in [-0.3, -0.25) is 9.59 Å². The van der Waals surface area contributed by atoms with Gasteiger partial charge < -0.3 is 9.88 Å². The molecule has 1 amide bonds. The number of benzene rings is 3. The van der Waals surface area contributed by atoms with Crippen LogP contribution in [-0.4, -0.2) is 20.8 Å². The van der Waals surface area contributed by atoms with Gasteiger partial charge in [0.05, 0.1) is 17.4 Å². The minimum Gasteiger partial charge on any atom is -0.327 e. The minimum absolute atomic E-state index is 0.154. The highest BCUT2D eigenvalue weighted by Gasteiger charge is 2.14. The highest BCUT2D eigenvalue weighted by molar-refractivity contribution is 5.91. The molecular weight excluding hydrogens is 374 g/mol. The van der Waals surface area contributed by atoms with Gasteiger partial charge in [0.15, 0.2) is 0 Å². The summed E-state index contributed by atoms with van der Waals surface area (Å²) in [6.07, 6.45) is 3.34. The molecule has 0 spiro atoms. The van der Waals surface area contributed by atoms with Gasteiger partial charge in [-0.1, -0.05) is 72.8 Å². The highest BCUT2D eigenvalue weighted by Crippen LogP contribution is 2.12. The second kappa shape index (κ2) is 9.01. The molecule has 5 nitrogen and oxygen atoms in total. The van der Waals surface area contributed by atoms with E-state index in [1.54, 1.807) is 35.3 Å². The maximum absolute atomic E-state index is 13.0. The lowest BCUT2D eigenvalue weighted by molar-refractivity contribution is -0.127. The number of nitrogens with zero attached hydrogens (tertiary/aromatic N) is 2. The van der Waals surface area contributed by atoms with Crippen LogP contribution >= 0.6 is 0 Å². The zero-order valence-electron chi connectivity index (χ0n) is 16.4. The van der Waals surface area contributed by atoms with Crippen LogP contribution in [0.3, 0.4) is 0 Å². The number of hydrogen-bond acceptors (Lipinski definition) is 3. The molecule has 5 heteroatoms. The number of aromatic nitrogens is 2. The summed E-state index contributed by atoms with van der Waals surface area (Å²) in [6.45, 7) is 0.613. The van der Waals surface area contributed by atoms with E-state index in [9.17, 15) is 9.59 Å². The fourth-order valence-electron chi connectivity index (χ4n) is 3.24. The summed E-state index contributed by atoms with van der Waals surface area (Å²) >= 11 is 0. The fourth-order valence-corrected chi connectivity index (χ4v) is 3.24. The van der Waals surface area contributed by atoms with Crippen molar-refractivity contribution in [3.63, 3.8) is 0 Å². The summed E-state index contributed by atoms with van der Waals surface area (Å²) in [6, 6.07) is 26.6. The topological polar surface area (TPSA) is 66.1 Å². The van der Waals surface area contributed by atoms with Crippen molar-refractivity contribution in [2.75, 3.05) is 0 Å². The van der Waals surface area contributed by atoms with Gasteiger partial charge in [0.1, 0.15) is 5.82 Å². The Labute approximate surface area is 174 Å². The molecular formula is C25H21N3O2. The Bertz CT molecular complexity index is 1230. The number of amides is 1. The lowest BCUT2D eigenvalue weighted by Crippen LogP contribution is -2.30. The lowest BCUT2D eigenvalue weighted by atomic mass is 10.2. The van der Waals surface area contributed by atoms with Gasteiger partial charge in [0, 0.05) is 12.6 Å². The first-order valence-corrected chi connectivity index (χ1v) is 9.73. The van der Waals surface area contributed by atoms with Crippen molar-refractivity contribution in [3.05, 3.63) is 118 Å². The van der Waals surface area contributed by atoms with Gasteiger partial charge >= 0.3 is 0 Å². The largest absolute Gasteiger partial charge is 0.327 e. The predicted octanol–water partition coefficient (Wildman–Crippen LogP) is 4.17. The van der Waals surface area contributed by atoms with E-state index >= 15 is 0 Å². The molecule has 30 heavy (non-hydrogen) atoms. The fraction of sp³-hybridized carbons (Fsp3) is 0.0800. The van der Waals surface area contributed by atoms with Gasteiger partial charge in [-0.15, -0.1) is 0 Å². The maximum Gasteiger partial charge on any atom is 0.258 e. The standard InChI is InChI=1S/C25H21N3O2/c29-24(16-15-19-9-3-1-4-10-19)28(17-20-11-5-2-6-12-20)18-23-26-22-14-8-7-13-21(22)25(30)27-23/h1-16H,17-18H2,(H,26,27,30)/b16-15+. The molecule has 0 aliphatic carbocycles. The Morgan fingerprint density at radius 3 is 2.30 bits per heavy atom. The van der Waals surface area contributed by atoms with Crippen molar-refractivity contribution < 1.29 is 4.79 Å². The van der Waals surface area contributed by atoms with Gasteiger partial charge in [-0.2, -0.15) is 0 Å². The van der Waals surface area contributed by atoms with E-state index in [-0.39, 0.29) is 18.0 Å². The first-order valence-electron chi connectivity index (χ1n) is 9.73. The number of aromatic amines is 1. The molecule has 3 aromatic carbocycles. The molecule has 1 aromatic heterocycles. The summed E-state index contributed by atoms with van der Waals surface area (Å²) in [4.78, 5) is 34.4. The van der Waals surface area contributed by atoms with Gasteiger partial charge in [0.25, 0.3) is 5.56 Å². The number of nitrogens with one attached hydrogen (secondary N) is 1. The van der Waals surface area contributed by atoms with Gasteiger partial charge in [0.2, 0.25) is 5.91 Å². The number of rotatable bonds is 6. The Morgan fingerprint density at radius 2 is 1.53 bits per heavy atom. The van der Waals surface area contributed by atoms with Crippen molar-refractivity contribution in [1.82, 2.24) is 14.9 Å². The zero-order valence-corrected chi connectivity index (χ0v) is 16.4. The van der Waals surface area contributed by atoms with Crippen LogP contribution in [0.25, 0.3) is 17.0 Å². The summed E-state index contributed by atoms with van der Waals surface area (Å²) in [5, 5.41) is 0.533. The molecule has 0 fully saturated rings. The molecule has 0 saturated carbocycles. The SMILES string of the molecule is O=C(/C=C/c1ccccc1)N(Cc1ccccc1)Cc1nc2ccccc2c(=O)[nH]1. The van der Waals surface area contributed by atoms with Crippen molar-refractivity contribution in [1.29, 1.82) is 0 Å². The molecule has 1 heterocycles. The third-order valence-electron chi connectivity index (χ3n) is 4.75. The van der Waals surface area contributed by atoms with E-state index in [4.69, 9.17) is 0 Å². The Hall–Kier alpha value is -3.99. The van der Waals surface area contributed by atoms with E-state index in [0.29, 0.717) is 23.3 Å². The second-order valence-corrected chi connectivity index (χ2v) is 6.95. The Balaban J connectivity index is 1.62. The van der Waals surface area contributed by atoms with Gasteiger partial charge in [-0.25, -0.2) is 4.98 Å². The van der Waals surface area contributed by atoms with Crippen LogP contribution in [0.2, 0.25) is 0 Å². The van der Waals surface area contributed by atoms with Crippen LogP contribution in [0.5, 0.6) is 0 Å². The summed E-state index contributed by atoms with van der Waals surface area (Å²) in [5.41, 5.74) is 2.36. The summed E-state index contributed by atoms with van der Waals surface area (Å²) in [7, 11) is 0. The first-order chi connectivity index (χ1) is 14.7. The molecule has 0 saturated heterocycles. The molecule has 0 bridgehead atoms. The average Bonchev–Trinajstić information content (AvgIpc) is 2.78. The van der Waals surface area contributed by atoms with Crippen molar-refractivity contribution in [2.24, 2.45) is 0 Å². The number of carbonyl (C=O) groups is 1. The third kappa shape index (κ3) is 4.70. The van der Waals surface area contributed by atoms with E-state index in [0.717, 1.165) is 11.1 Å². The molecule has 0 radical (unpaired) electrons. The molecule has 0 aliphatic rings. The van der Waals surface area contributed by atoms with E-state index in [1.807, 2.05) is 66.7 Å². The van der Waals surface area contributed by atoms with Crippen molar-refractivity contribution in [3.8, 4) is 0 Å². The molecule has 4 aromatic rings. The second-order valence-electron chi connectivity index (χ2n) is 6.95. The molecule has 0 aliphatic heterocycles. The summed E-state index contributed by atoms with van der Waals surface area (Å²) < 4.78 is 0. The molecule has 0 atom stereocenters. The highest BCUT2D eigenvalue weighted by atomic mass is 16.2. The smallest absolute Gasteiger partial charge is 0.258 e. The molecule has 148 valence electrons. The minimum atomic E-state index is -0.206. The van der Waals surface area contributed by atoms with Crippen LogP contribution in [0.4, 0.5) is 0 Å². The van der Waals surface area contributed by atoms with Crippen LogP contribution in [0.15, 0.2) is 95.8 Å². The normalized spacial score (nSPS) is 11.1. The van der Waals surface area contributed by atoms with Crippen LogP contribution < -0.4 is 5.56 Å². The van der Waals surface area contributed by atoms with E-state index in [1.165, 1.54) is 0 Å². The predicted molar refractivity (Wildman–Crippen MR) is 119 cm³/mol. The number of H-pyrrole nitrogens is 1. The molecule has 4 rings (SSSR count). The number of carbonyl (C=O) groups excluding carboxylic acids is 1. The Morgan fingerprint density at radius 1 is 0.867 bits per heavy atom. The lowest BCUT2D eigenvalue weighted by Gasteiger charge is -2.21. The van der Waals surface area contributed by atoms with E-state index < -0.39 is 0 Å². The third-order valence-corrected chi connectivity index (χ3v) is 4.75. The molecule has 0 unspecified atom stereocenters. The van der Waals surface area contributed by atoms with Crippen molar-refractivity contribution in [2.45, 2.75) is 13.1 Å². The number of fused-ring (bicyclic) bond motifs is 1. The Kier molecular flexibility index (Phi) is 5.80. The van der Waals surface area contributed by atoms with Crippen LogP contribution in [0.1, 0.15) is 17.0 Å². The zero-order chi connectivity index (χ0) is 20.8. The number of hydrogen-bond donors (Lipinski definition) is 1. The van der Waals surface area contributed by atoms with Crippen LogP contribution in [0, 0.1) is 0 Å². The van der Waals surface area contributed by atoms with Gasteiger partial charge in [-0.05, 0) is 29.3 Å². The maximum atomic E-state index is 13.0. The monoisotopic (exact) mass is 395 g/mol. The number of para-hydroxylation sites is 1. The first kappa shape index (κ1) is 19.3.